The van der Waals surface area contributed by atoms with Gasteiger partial charge in [-0.3, -0.25) is 4.79 Å². The Bertz CT molecular complexity index is 640. The summed E-state index contributed by atoms with van der Waals surface area (Å²) in [7, 11) is 0. The van der Waals surface area contributed by atoms with Crippen LogP contribution in [0.4, 0.5) is 5.82 Å². The van der Waals surface area contributed by atoms with Gasteiger partial charge in [0.15, 0.2) is 5.16 Å². The van der Waals surface area contributed by atoms with Crippen LogP contribution in [0.2, 0.25) is 0 Å². The molecule has 0 fully saturated rings. The van der Waals surface area contributed by atoms with Crippen molar-refractivity contribution >= 4 is 23.5 Å². The number of nitrogens with two attached hydrogens (primary N) is 1. The molecule has 5 nitrogen and oxygen atoms in total. The standard InChI is InChI=1S/C16H20N4OS/c1-11-5-3-4-6-13(11)7-8-18-15(21)10-22-16-19-12(2)9-14(17)20-16/h3-6,9H,7-8,10H2,1-2H3,(H,18,21)(H2,17,19,20). The number of hydrogen-bond donors (Lipinski definition) is 2. The first-order chi connectivity index (χ1) is 10.5. The van der Waals surface area contributed by atoms with Gasteiger partial charge in [0.2, 0.25) is 5.91 Å². The van der Waals surface area contributed by atoms with Crippen molar-refractivity contribution in [2.24, 2.45) is 0 Å². The molecule has 0 aliphatic carbocycles. The first-order valence-corrected chi connectivity index (χ1v) is 8.08. The third kappa shape index (κ3) is 5.04. The summed E-state index contributed by atoms with van der Waals surface area (Å²) in [6.07, 6.45) is 0.830. The van der Waals surface area contributed by atoms with Crippen LogP contribution in [0.1, 0.15) is 16.8 Å². The molecule has 0 aliphatic heterocycles. The molecule has 0 unspecified atom stereocenters. The van der Waals surface area contributed by atoms with E-state index >= 15 is 0 Å². The van der Waals surface area contributed by atoms with Gasteiger partial charge in [-0.2, -0.15) is 0 Å². The van der Waals surface area contributed by atoms with E-state index in [0.29, 0.717) is 17.5 Å². The first-order valence-electron chi connectivity index (χ1n) is 7.10. The van der Waals surface area contributed by atoms with Crippen LogP contribution in [0.25, 0.3) is 0 Å². The van der Waals surface area contributed by atoms with Gasteiger partial charge < -0.3 is 11.1 Å². The Morgan fingerprint density at radius 3 is 2.77 bits per heavy atom. The topological polar surface area (TPSA) is 80.9 Å². The molecular weight excluding hydrogens is 296 g/mol. The predicted octanol–water partition coefficient (Wildman–Crippen LogP) is 2.13. The van der Waals surface area contributed by atoms with Crippen LogP contribution >= 0.6 is 11.8 Å². The molecule has 0 atom stereocenters. The number of anilines is 1. The quantitative estimate of drug-likeness (QED) is 0.630. The number of benzene rings is 1. The number of aryl methyl sites for hydroxylation is 2. The minimum atomic E-state index is -0.0257. The summed E-state index contributed by atoms with van der Waals surface area (Å²) in [6.45, 7) is 4.55. The summed E-state index contributed by atoms with van der Waals surface area (Å²) in [6, 6.07) is 9.89. The van der Waals surface area contributed by atoms with E-state index in [9.17, 15) is 4.79 Å². The molecule has 0 bridgehead atoms. The number of nitrogens with zero attached hydrogens (tertiary/aromatic N) is 2. The molecule has 0 radical (unpaired) electrons. The third-order valence-corrected chi connectivity index (χ3v) is 4.01. The van der Waals surface area contributed by atoms with E-state index in [0.717, 1.165) is 12.1 Å². The maximum absolute atomic E-state index is 11.8. The Labute approximate surface area is 134 Å². The van der Waals surface area contributed by atoms with Gasteiger partial charge in [0, 0.05) is 18.3 Å². The Kier molecular flexibility index (Phi) is 5.77. The number of amides is 1. The van der Waals surface area contributed by atoms with Crippen molar-refractivity contribution in [3.05, 3.63) is 47.2 Å². The van der Waals surface area contributed by atoms with E-state index in [1.54, 1.807) is 6.07 Å². The van der Waals surface area contributed by atoms with Gasteiger partial charge >= 0.3 is 0 Å². The van der Waals surface area contributed by atoms with Crippen molar-refractivity contribution in [2.45, 2.75) is 25.4 Å². The number of nitrogen functional groups attached to an aromatic ring is 1. The van der Waals surface area contributed by atoms with E-state index in [1.807, 2.05) is 19.1 Å². The second-order valence-corrected chi connectivity index (χ2v) is 5.97. The van der Waals surface area contributed by atoms with Crippen molar-refractivity contribution in [3.8, 4) is 0 Å². The summed E-state index contributed by atoms with van der Waals surface area (Å²) in [5.41, 5.74) is 8.96. The van der Waals surface area contributed by atoms with Crippen LogP contribution in [-0.4, -0.2) is 28.2 Å². The number of thioether (sulfide) groups is 1. The van der Waals surface area contributed by atoms with Crippen molar-refractivity contribution < 1.29 is 4.79 Å². The number of hydrogen-bond acceptors (Lipinski definition) is 5. The molecule has 2 rings (SSSR count). The highest BCUT2D eigenvalue weighted by Gasteiger charge is 2.06. The van der Waals surface area contributed by atoms with Crippen LogP contribution < -0.4 is 11.1 Å². The van der Waals surface area contributed by atoms with Gasteiger partial charge in [0.25, 0.3) is 0 Å². The molecule has 1 aromatic carbocycles. The lowest BCUT2D eigenvalue weighted by Gasteiger charge is -2.07. The minimum Gasteiger partial charge on any atom is -0.384 e. The van der Waals surface area contributed by atoms with Crippen molar-refractivity contribution in [2.75, 3.05) is 18.0 Å². The number of rotatable bonds is 6. The molecule has 0 saturated heterocycles. The zero-order chi connectivity index (χ0) is 15.9. The zero-order valence-electron chi connectivity index (χ0n) is 12.8. The monoisotopic (exact) mass is 316 g/mol. The fourth-order valence-corrected chi connectivity index (χ4v) is 2.78. The molecule has 2 aromatic rings. The lowest BCUT2D eigenvalue weighted by Crippen LogP contribution is -2.27. The van der Waals surface area contributed by atoms with E-state index in [2.05, 4.69) is 34.3 Å². The molecule has 0 saturated carbocycles. The highest BCUT2D eigenvalue weighted by Crippen LogP contribution is 2.14. The van der Waals surface area contributed by atoms with Crippen LogP contribution in [0.3, 0.4) is 0 Å². The zero-order valence-corrected chi connectivity index (χ0v) is 13.6. The van der Waals surface area contributed by atoms with Crippen molar-refractivity contribution in [3.63, 3.8) is 0 Å². The van der Waals surface area contributed by atoms with Gasteiger partial charge in [-0.05, 0) is 31.4 Å². The highest BCUT2D eigenvalue weighted by atomic mass is 32.2. The Morgan fingerprint density at radius 2 is 2.05 bits per heavy atom. The number of nitrogens with one attached hydrogen (secondary N) is 1. The SMILES string of the molecule is Cc1cc(N)nc(SCC(=O)NCCc2ccccc2C)n1. The molecular formula is C16H20N4OS. The van der Waals surface area contributed by atoms with Crippen molar-refractivity contribution in [1.29, 1.82) is 0 Å². The average Bonchev–Trinajstić information content (AvgIpc) is 2.46. The summed E-state index contributed by atoms with van der Waals surface area (Å²) in [5, 5.41) is 3.45. The maximum Gasteiger partial charge on any atom is 0.230 e. The molecule has 1 heterocycles. The third-order valence-electron chi connectivity index (χ3n) is 3.16. The smallest absolute Gasteiger partial charge is 0.230 e. The molecule has 6 heteroatoms. The summed E-state index contributed by atoms with van der Waals surface area (Å²) >= 11 is 1.29. The second kappa shape index (κ2) is 7.79. The highest BCUT2D eigenvalue weighted by molar-refractivity contribution is 7.99. The summed E-state index contributed by atoms with van der Waals surface area (Å²) < 4.78 is 0. The summed E-state index contributed by atoms with van der Waals surface area (Å²) in [5.74, 6) is 0.689. The van der Waals surface area contributed by atoms with E-state index in [-0.39, 0.29) is 11.7 Å². The normalized spacial score (nSPS) is 10.5. The maximum atomic E-state index is 11.8. The van der Waals surface area contributed by atoms with E-state index < -0.39 is 0 Å². The van der Waals surface area contributed by atoms with E-state index in [4.69, 9.17) is 5.73 Å². The Balaban J connectivity index is 1.75. The Morgan fingerprint density at radius 1 is 1.27 bits per heavy atom. The molecule has 1 amide bonds. The van der Waals surface area contributed by atoms with Gasteiger partial charge in [-0.25, -0.2) is 9.97 Å². The minimum absolute atomic E-state index is 0.0257. The summed E-state index contributed by atoms with van der Waals surface area (Å²) in [4.78, 5) is 20.2. The first kappa shape index (κ1) is 16.3. The Hall–Kier alpha value is -2.08. The molecule has 1 aromatic heterocycles. The lowest BCUT2D eigenvalue weighted by molar-refractivity contribution is -0.118. The van der Waals surface area contributed by atoms with Crippen LogP contribution in [0, 0.1) is 13.8 Å². The van der Waals surface area contributed by atoms with Crippen molar-refractivity contribution in [1.82, 2.24) is 15.3 Å². The van der Waals surface area contributed by atoms with Gasteiger partial charge in [-0.15, -0.1) is 0 Å². The molecule has 22 heavy (non-hydrogen) atoms. The number of carbonyl (C=O) groups is 1. The fourth-order valence-electron chi connectivity index (χ4n) is 2.04. The van der Waals surface area contributed by atoms with Gasteiger partial charge in [0.05, 0.1) is 5.75 Å². The molecule has 3 N–H and O–H groups in total. The predicted molar refractivity (Wildman–Crippen MR) is 89.8 cm³/mol. The van der Waals surface area contributed by atoms with Crippen LogP contribution in [0.5, 0.6) is 0 Å². The number of aromatic nitrogens is 2. The van der Waals surface area contributed by atoms with E-state index in [1.165, 1.54) is 22.9 Å². The van der Waals surface area contributed by atoms with Crippen LogP contribution in [0.15, 0.2) is 35.5 Å². The molecule has 0 spiro atoms. The largest absolute Gasteiger partial charge is 0.384 e. The van der Waals surface area contributed by atoms with Gasteiger partial charge in [0.1, 0.15) is 5.82 Å². The number of carbonyl (C=O) groups excluding carboxylic acids is 1. The fraction of sp³-hybridized carbons (Fsp3) is 0.312. The average molecular weight is 316 g/mol. The second-order valence-electron chi connectivity index (χ2n) is 5.03. The lowest BCUT2D eigenvalue weighted by atomic mass is 10.1. The molecule has 116 valence electrons. The molecule has 0 aliphatic rings. The van der Waals surface area contributed by atoms with Crippen LogP contribution in [-0.2, 0) is 11.2 Å². The van der Waals surface area contributed by atoms with Gasteiger partial charge in [-0.1, -0.05) is 36.0 Å².